The van der Waals surface area contributed by atoms with E-state index in [4.69, 9.17) is 0 Å². The third kappa shape index (κ3) is 3.55. The number of pyridine rings is 1. The summed E-state index contributed by atoms with van der Waals surface area (Å²) in [5, 5.41) is 14.0. The third-order valence-corrected chi connectivity index (χ3v) is 6.81. The van der Waals surface area contributed by atoms with Gasteiger partial charge in [-0.25, -0.2) is 4.68 Å². The minimum atomic E-state index is -0.224. The quantitative estimate of drug-likeness (QED) is 0.714. The predicted molar refractivity (Wildman–Crippen MR) is 116 cm³/mol. The van der Waals surface area contributed by atoms with Crippen molar-refractivity contribution in [3.8, 4) is 0 Å². The molecule has 0 bridgehead atoms. The number of hydrogen-bond acceptors (Lipinski definition) is 5. The van der Waals surface area contributed by atoms with Crippen molar-refractivity contribution >= 4 is 10.9 Å². The lowest BCUT2D eigenvalue weighted by Gasteiger charge is -2.36. The van der Waals surface area contributed by atoms with Gasteiger partial charge in [0.05, 0.1) is 6.04 Å². The zero-order valence-electron chi connectivity index (χ0n) is 17.8. The third-order valence-electron chi connectivity index (χ3n) is 6.81. The number of rotatable bonds is 4. The maximum absolute atomic E-state index is 13.3. The number of aryl methyl sites for hydroxylation is 1. The first kappa shape index (κ1) is 19.4. The van der Waals surface area contributed by atoms with Crippen LogP contribution in [0.3, 0.4) is 0 Å². The Balaban J connectivity index is 1.65. The molecule has 1 saturated carbocycles. The van der Waals surface area contributed by atoms with Crippen LogP contribution in [0, 0.1) is 12.8 Å². The Morgan fingerprint density at radius 2 is 1.97 bits per heavy atom. The van der Waals surface area contributed by atoms with Gasteiger partial charge < -0.3 is 4.98 Å². The SMILES string of the molecule is Cc1ccc2cc(C(c3nnnn3C3CCCC3)N3CCCC(C)C3)c(=O)[nH]c2c1. The topological polar surface area (TPSA) is 79.7 Å². The summed E-state index contributed by atoms with van der Waals surface area (Å²) in [4.78, 5) is 18.8. The van der Waals surface area contributed by atoms with Gasteiger partial charge in [-0.05, 0) is 78.6 Å². The lowest BCUT2D eigenvalue weighted by Crippen LogP contribution is -2.41. The second-order valence-electron chi connectivity index (χ2n) is 9.21. The minimum absolute atomic E-state index is 0.0442. The van der Waals surface area contributed by atoms with Gasteiger partial charge in [0.1, 0.15) is 6.04 Å². The predicted octanol–water partition coefficient (Wildman–Crippen LogP) is 3.76. The number of nitrogens with one attached hydrogen (secondary N) is 1. The van der Waals surface area contributed by atoms with Crippen LogP contribution in [0.15, 0.2) is 29.1 Å². The number of fused-ring (bicyclic) bond motifs is 1. The molecule has 2 fully saturated rings. The molecule has 158 valence electrons. The van der Waals surface area contributed by atoms with E-state index in [0.717, 1.165) is 60.2 Å². The summed E-state index contributed by atoms with van der Waals surface area (Å²) in [6, 6.07) is 8.36. The molecular weight excluding hydrogens is 376 g/mol. The monoisotopic (exact) mass is 406 g/mol. The zero-order chi connectivity index (χ0) is 20.7. The van der Waals surface area contributed by atoms with Crippen LogP contribution in [-0.4, -0.2) is 43.2 Å². The lowest BCUT2D eigenvalue weighted by molar-refractivity contribution is 0.139. The number of nitrogens with zero attached hydrogens (tertiary/aromatic N) is 5. The molecule has 2 aliphatic rings. The fraction of sp³-hybridized carbons (Fsp3) is 0.565. The van der Waals surface area contributed by atoms with E-state index in [-0.39, 0.29) is 11.6 Å². The number of tetrazole rings is 1. The van der Waals surface area contributed by atoms with Crippen molar-refractivity contribution in [3.63, 3.8) is 0 Å². The average Bonchev–Trinajstić information content (AvgIpc) is 3.40. The maximum atomic E-state index is 13.3. The fourth-order valence-corrected chi connectivity index (χ4v) is 5.28. The van der Waals surface area contributed by atoms with Crippen LogP contribution in [-0.2, 0) is 0 Å². The first-order valence-corrected chi connectivity index (χ1v) is 11.3. The van der Waals surface area contributed by atoms with E-state index in [1.54, 1.807) is 0 Å². The Labute approximate surface area is 176 Å². The standard InChI is InChI=1S/C23H30N6O/c1-15-9-10-17-13-19(23(30)24-20(17)12-15)21(28-11-5-6-16(2)14-28)22-25-26-27-29(22)18-7-3-4-8-18/h9-10,12-13,16,18,21H,3-8,11,14H2,1-2H3,(H,24,30). The van der Waals surface area contributed by atoms with E-state index < -0.39 is 0 Å². The molecule has 1 aliphatic heterocycles. The second kappa shape index (κ2) is 7.95. The van der Waals surface area contributed by atoms with Crippen LogP contribution in [0.25, 0.3) is 10.9 Å². The minimum Gasteiger partial charge on any atom is -0.322 e. The van der Waals surface area contributed by atoms with Gasteiger partial charge in [0.15, 0.2) is 5.82 Å². The van der Waals surface area contributed by atoms with Crippen molar-refractivity contribution < 1.29 is 0 Å². The highest BCUT2D eigenvalue weighted by atomic mass is 16.1. The van der Waals surface area contributed by atoms with E-state index in [0.29, 0.717) is 12.0 Å². The van der Waals surface area contributed by atoms with Crippen LogP contribution in [0.4, 0.5) is 0 Å². The molecule has 3 aromatic rings. The van der Waals surface area contributed by atoms with Gasteiger partial charge >= 0.3 is 0 Å². The molecule has 1 saturated heterocycles. The van der Waals surface area contributed by atoms with Gasteiger partial charge in [0.2, 0.25) is 0 Å². The van der Waals surface area contributed by atoms with Crippen molar-refractivity contribution in [2.45, 2.75) is 64.5 Å². The Bertz CT molecular complexity index is 1100. The molecule has 7 heteroatoms. The summed E-state index contributed by atoms with van der Waals surface area (Å²) in [5.74, 6) is 1.41. The van der Waals surface area contributed by atoms with Crippen molar-refractivity contribution in [2.75, 3.05) is 13.1 Å². The summed E-state index contributed by atoms with van der Waals surface area (Å²) in [6.07, 6.45) is 7.00. The molecule has 5 rings (SSSR count). The number of H-pyrrole nitrogens is 1. The highest BCUT2D eigenvalue weighted by Crippen LogP contribution is 2.35. The lowest BCUT2D eigenvalue weighted by atomic mass is 9.95. The molecule has 2 atom stereocenters. The zero-order valence-corrected chi connectivity index (χ0v) is 17.8. The first-order valence-electron chi connectivity index (χ1n) is 11.3. The molecule has 2 aromatic heterocycles. The van der Waals surface area contributed by atoms with Crippen LogP contribution in [0.1, 0.15) is 74.5 Å². The van der Waals surface area contributed by atoms with Crippen LogP contribution in [0.5, 0.6) is 0 Å². The maximum Gasteiger partial charge on any atom is 0.253 e. The van der Waals surface area contributed by atoms with Gasteiger partial charge in [0, 0.05) is 17.6 Å². The van der Waals surface area contributed by atoms with Gasteiger partial charge in [-0.15, -0.1) is 5.10 Å². The molecule has 1 N–H and O–H groups in total. The molecule has 1 aliphatic carbocycles. The summed E-state index contributed by atoms with van der Waals surface area (Å²) in [7, 11) is 0. The Hall–Kier alpha value is -2.54. The molecule has 0 amide bonds. The van der Waals surface area contributed by atoms with Gasteiger partial charge in [-0.3, -0.25) is 9.69 Å². The fourth-order valence-electron chi connectivity index (χ4n) is 5.28. The summed E-state index contributed by atoms with van der Waals surface area (Å²) in [5.41, 5.74) is 2.72. The number of aromatic amines is 1. The van der Waals surface area contributed by atoms with Crippen LogP contribution < -0.4 is 5.56 Å². The highest BCUT2D eigenvalue weighted by molar-refractivity contribution is 5.79. The average molecular weight is 407 g/mol. The van der Waals surface area contributed by atoms with E-state index in [1.165, 1.54) is 19.3 Å². The van der Waals surface area contributed by atoms with E-state index in [9.17, 15) is 4.79 Å². The normalized spacial score (nSPS) is 22.0. The number of aromatic nitrogens is 5. The molecule has 30 heavy (non-hydrogen) atoms. The highest BCUT2D eigenvalue weighted by Gasteiger charge is 2.34. The van der Waals surface area contributed by atoms with E-state index >= 15 is 0 Å². The molecule has 2 unspecified atom stereocenters. The molecular formula is C23H30N6O. The largest absolute Gasteiger partial charge is 0.322 e. The first-order chi connectivity index (χ1) is 14.6. The van der Waals surface area contributed by atoms with Crippen LogP contribution >= 0.6 is 0 Å². The molecule has 0 radical (unpaired) electrons. The smallest absolute Gasteiger partial charge is 0.253 e. The molecule has 0 spiro atoms. The van der Waals surface area contributed by atoms with Gasteiger partial charge in [-0.1, -0.05) is 31.9 Å². The van der Waals surface area contributed by atoms with E-state index in [1.807, 2.05) is 23.7 Å². The number of likely N-dealkylation sites (tertiary alicyclic amines) is 1. The molecule has 7 nitrogen and oxygen atoms in total. The van der Waals surface area contributed by atoms with Crippen LogP contribution in [0.2, 0.25) is 0 Å². The van der Waals surface area contributed by atoms with Gasteiger partial charge in [0.25, 0.3) is 5.56 Å². The van der Waals surface area contributed by atoms with Crippen molar-refractivity contribution in [1.82, 2.24) is 30.1 Å². The number of hydrogen-bond donors (Lipinski definition) is 1. The molecule has 3 heterocycles. The number of benzene rings is 1. The Kier molecular flexibility index (Phi) is 5.15. The summed E-state index contributed by atoms with van der Waals surface area (Å²) in [6.45, 7) is 6.24. The summed E-state index contributed by atoms with van der Waals surface area (Å²) < 4.78 is 2.01. The second-order valence-corrected chi connectivity index (χ2v) is 9.21. The van der Waals surface area contributed by atoms with Crippen molar-refractivity contribution in [2.24, 2.45) is 5.92 Å². The van der Waals surface area contributed by atoms with E-state index in [2.05, 4.69) is 44.5 Å². The summed E-state index contributed by atoms with van der Waals surface area (Å²) >= 11 is 0. The van der Waals surface area contributed by atoms with Crippen molar-refractivity contribution in [1.29, 1.82) is 0 Å². The molecule has 1 aromatic carbocycles. The Morgan fingerprint density at radius 3 is 2.77 bits per heavy atom. The Morgan fingerprint density at radius 1 is 1.13 bits per heavy atom. The van der Waals surface area contributed by atoms with Crippen molar-refractivity contribution in [3.05, 3.63) is 51.6 Å². The number of piperidine rings is 1. The van der Waals surface area contributed by atoms with Gasteiger partial charge in [-0.2, -0.15) is 0 Å².